The van der Waals surface area contributed by atoms with Crippen LogP contribution in [0.4, 0.5) is 19.0 Å². The molecule has 3 amide bonds. The molecular weight excluding hydrogens is 595 g/mol. The van der Waals surface area contributed by atoms with Gasteiger partial charge in [0.15, 0.2) is 0 Å². The zero-order chi connectivity index (χ0) is 32.8. The molecule has 1 unspecified atom stereocenters. The molecule has 0 bridgehead atoms. The summed E-state index contributed by atoms with van der Waals surface area (Å²) in [6, 6.07) is 18.5. The second-order valence-corrected chi connectivity index (χ2v) is 9.88. The molecule has 0 fully saturated rings. The van der Waals surface area contributed by atoms with E-state index in [9.17, 15) is 37.1 Å². The molecule has 0 radical (unpaired) electrons. The van der Waals surface area contributed by atoms with Crippen LogP contribution >= 0.6 is 0 Å². The molecule has 2 aromatic carbocycles. The van der Waals surface area contributed by atoms with Crippen LogP contribution in [-0.4, -0.2) is 53.4 Å². The summed E-state index contributed by atoms with van der Waals surface area (Å²) in [4.78, 5) is 65.1. The van der Waals surface area contributed by atoms with Gasteiger partial charge in [0.25, 0.3) is 0 Å². The normalized spacial score (nSPS) is 12.3. The van der Waals surface area contributed by atoms with Crippen molar-refractivity contribution in [2.45, 2.75) is 50.4 Å². The zero-order valence-electron chi connectivity index (χ0n) is 24.0. The summed E-state index contributed by atoms with van der Waals surface area (Å²) in [5.41, 5.74) is 7.20. The number of alkyl halides is 3. The number of carbonyl (C=O) groups excluding carboxylic acids is 5. The third-order valence-electron chi connectivity index (χ3n) is 6.43. The summed E-state index contributed by atoms with van der Waals surface area (Å²) in [7, 11) is 0. The number of ether oxygens (including phenoxy) is 1. The molecule has 3 rings (SSSR count). The number of nitrogens with zero attached hydrogens (tertiary/aromatic N) is 1. The van der Waals surface area contributed by atoms with E-state index in [1.165, 1.54) is 0 Å². The van der Waals surface area contributed by atoms with E-state index in [1.54, 1.807) is 48.7 Å². The summed E-state index contributed by atoms with van der Waals surface area (Å²) < 4.78 is 42.0. The number of hydrogen-bond acceptors (Lipinski definition) is 8. The molecule has 45 heavy (non-hydrogen) atoms. The number of anilines is 1. The molecule has 1 heterocycles. The van der Waals surface area contributed by atoms with Crippen molar-refractivity contribution in [3.63, 3.8) is 0 Å². The lowest BCUT2D eigenvalue weighted by molar-refractivity contribution is -0.202. The van der Waals surface area contributed by atoms with E-state index >= 15 is 0 Å². The van der Waals surface area contributed by atoms with E-state index < -0.39 is 54.3 Å². The van der Waals surface area contributed by atoms with Crippen LogP contribution in [0, 0.1) is 0 Å². The maximum Gasteiger partial charge on any atom is 0.491 e. The number of nitrogens with one attached hydrogen (secondary N) is 3. The minimum atomic E-state index is -5.40. The van der Waals surface area contributed by atoms with Gasteiger partial charge in [-0.1, -0.05) is 60.7 Å². The second kappa shape index (κ2) is 16.5. The standard InChI is InChI=1S/C31H32F3N5O6/c32-31(33,34)30(44)45-28(42)19-24(22-13-11-21(12-14-22)20-7-2-1-3-8-20)39-29(43)23(15-16-25(35)40)38-27(41)10-6-18-37-26-9-4-5-17-36-26/h1-5,7-9,11-14,17,23-24H,6,10,15-16,18-19H2,(H2,35,40)(H,36,37)(H,38,41)(H,39,43)/t23-,24?/m0/s1. The Labute approximate surface area is 256 Å². The van der Waals surface area contributed by atoms with Crippen LogP contribution in [0.2, 0.25) is 0 Å². The van der Waals surface area contributed by atoms with Crippen LogP contribution in [-0.2, 0) is 28.7 Å². The zero-order valence-corrected chi connectivity index (χ0v) is 24.0. The summed E-state index contributed by atoms with van der Waals surface area (Å²) in [5.74, 6) is -5.68. The molecular formula is C31H32F3N5O6. The van der Waals surface area contributed by atoms with Gasteiger partial charge in [-0.25, -0.2) is 9.78 Å². The van der Waals surface area contributed by atoms with Crippen molar-refractivity contribution in [2.75, 3.05) is 11.9 Å². The summed E-state index contributed by atoms with van der Waals surface area (Å²) in [6.45, 7) is 0.405. The Bertz CT molecular complexity index is 1450. The largest absolute Gasteiger partial charge is 0.491 e. The highest BCUT2D eigenvalue weighted by Crippen LogP contribution is 2.25. The van der Waals surface area contributed by atoms with Crippen LogP contribution in [0.15, 0.2) is 79.0 Å². The van der Waals surface area contributed by atoms with E-state index in [4.69, 9.17) is 5.73 Å². The first-order valence-electron chi connectivity index (χ1n) is 13.9. The van der Waals surface area contributed by atoms with E-state index in [-0.39, 0.29) is 19.3 Å². The van der Waals surface area contributed by atoms with Gasteiger partial charge in [0.05, 0.1) is 12.5 Å². The minimum absolute atomic E-state index is 0.0104. The molecule has 1 aromatic heterocycles. The molecule has 11 nitrogen and oxygen atoms in total. The molecule has 238 valence electrons. The fraction of sp³-hybridized carbons (Fsp3) is 0.290. The highest BCUT2D eigenvalue weighted by molar-refractivity contribution is 5.90. The van der Waals surface area contributed by atoms with Crippen molar-refractivity contribution < 1.29 is 41.9 Å². The van der Waals surface area contributed by atoms with Crippen LogP contribution in [0.25, 0.3) is 11.1 Å². The van der Waals surface area contributed by atoms with Gasteiger partial charge < -0.3 is 26.4 Å². The number of amides is 3. The molecule has 0 aliphatic rings. The Morgan fingerprint density at radius 2 is 1.51 bits per heavy atom. The van der Waals surface area contributed by atoms with Crippen molar-refractivity contribution in [3.05, 3.63) is 84.6 Å². The molecule has 3 aromatic rings. The van der Waals surface area contributed by atoms with Gasteiger partial charge in [0, 0.05) is 25.6 Å². The molecule has 0 spiro atoms. The predicted octanol–water partition coefficient (Wildman–Crippen LogP) is 3.57. The van der Waals surface area contributed by atoms with E-state index in [0.29, 0.717) is 24.3 Å². The van der Waals surface area contributed by atoms with Crippen molar-refractivity contribution >= 4 is 35.5 Å². The van der Waals surface area contributed by atoms with Crippen molar-refractivity contribution in [3.8, 4) is 11.1 Å². The smallest absolute Gasteiger partial charge is 0.386 e. The number of rotatable bonds is 15. The summed E-state index contributed by atoms with van der Waals surface area (Å²) in [5, 5.41) is 8.12. The second-order valence-electron chi connectivity index (χ2n) is 9.88. The monoisotopic (exact) mass is 627 g/mol. The quantitative estimate of drug-likeness (QED) is 0.113. The number of primary amides is 1. The maximum absolute atomic E-state index is 13.3. The number of pyridine rings is 1. The number of aromatic nitrogens is 1. The topological polar surface area (TPSA) is 170 Å². The van der Waals surface area contributed by atoms with Gasteiger partial charge in [-0.2, -0.15) is 13.2 Å². The molecule has 14 heteroatoms. The number of benzene rings is 2. The van der Waals surface area contributed by atoms with Crippen LogP contribution in [0.3, 0.4) is 0 Å². The lowest BCUT2D eigenvalue weighted by atomic mass is 9.98. The van der Waals surface area contributed by atoms with Gasteiger partial charge >= 0.3 is 18.1 Å². The number of nitrogens with two attached hydrogens (primary N) is 1. The molecule has 0 aliphatic carbocycles. The SMILES string of the molecule is NC(=O)CC[C@H](NC(=O)CCCNc1ccccn1)C(=O)NC(CC(=O)OC(=O)C(F)(F)F)c1ccc(-c2ccccc2)cc1. The Hall–Kier alpha value is -5.27. The minimum Gasteiger partial charge on any atom is -0.386 e. The van der Waals surface area contributed by atoms with Crippen molar-refractivity contribution in [2.24, 2.45) is 5.73 Å². The number of esters is 2. The van der Waals surface area contributed by atoms with Gasteiger partial charge in [-0.3, -0.25) is 19.2 Å². The average molecular weight is 628 g/mol. The maximum atomic E-state index is 13.3. The molecule has 5 N–H and O–H groups in total. The highest BCUT2D eigenvalue weighted by Gasteiger charge is 2.42. The number of hydrogen-bond donors (Lipinski definition) is 4. The van der Waals surface area contributed by atoms with E-state index in [0.717, 1.165) is 11.1 Å². The Kier molecular flexibility index (Phi) is 12.6. The summed E-state index contributed by atoms with van der Waals surface area (Å²) in [6.07, 6.45) is -4.70. The molecule has 0 saturated carbocycles. The van der Waals surface area contributed by atoms with Gasteiger partial charge in [-0.05, 0) is 41.7 Å². The average Bonchev–Trinajstić information content (AvgIpc) is 3.01. The van der Waals surface area contributed by atoms with Crippen molar-refractivity contribution in [1.29, 1.82) is 0 Å². The first-order chi connectivity index (χ1) is 21.4. The summed E-state index contributed by atoms with van der Waals surface area (Å²) >= 11 is 0. The lowest BCUT2D eigenvalue weighted by Crippen LogP contribution is -2.48. The lowest BCUT2D eigenvalue weighted by Gasteiger charge is -2.23. The molecule has 2 atom stereocenters. The van der Waals surface area contributed by atoms with E-state index in [1.807, 2.05) is 30.3 Å². The molecule has 0 aliphatic heterocycles. The van der Waals surface area contributed by atoms with Gasteiger partial charge in [-0.15, -0.1) is 0 Å². The van der Waals surface area contributed by atoms with Crippen LogP contribution in [0.5, 0.6) is 0 Å². The molecule has 0 saturated heterocycles. The fourth-order valence-electron chi connectivity index (χ4n) is 4.19. The van der Waals surface area contributed by atoms with E-state index in [2.05, 4.69) is 25.7 Å². The Morgan fingerprint density at radius 1 is 0.844 bits per heavy atom. The first kappa shape index (κ1) is 34.2. The fourth-order valence-corrected chi connectivity index (χ4v) is 4.19. The highest BCUT2D eigenvalue weighted by atomic mass is 19.4. The van der Waals surface area contributed by atoms with Gasteiger partial charge in [0.2, 0.25) is 17.7 Å². The van der Waals surface area contributed by atoms with Crippen LogP contribution in [0.1, 0.15) is 43.7 Å². The number of carbonyl (C=O) groups is 5. The third kappa shape index (κ3) is 11.7. The number of halogens is 3. The predicted molar refractivity (Wildman–Crippen MR) is 157 cm³/mol. The van der Waals surface area contributed by atoms with Crippen molar-refractivity contribution in [1.82, 2.24) is 15.6 Å². The third-order valence-corrected chi connectivity index (χ3v) is 6.43. The van der Waals surface area contributed by atoms with Gasteiger partial charge in [0.1, 0.15) is 11.9 Å². The first-order valence-corrected chi connectivity index (χ1v) is 13.9. The Balaban J connectivity index is 1.73. The van der Waals surface area contributed by atoms with Crippen LogP contribution < -0.4 is 21.7 Å². The Morgan fingerprint density at radius 3 is 2.13 bits per heavy atom.